The van der Waals surface area contributed by atoms with Crippen molar-refractivity contribution in [3.05, 3.63) is 11.0 Å². The fraction of sp³-hybridized carbons (Fsp3) is 0.600. The lowest BCUT2D eigenvalue weighted by Crippen LogP contribution is -2.20. The zero-order valence-electron chi connectivity index (χ0n) is 9.16. The Labute approximate surface area is 99.4 Å². The van der Waals surface area contributed by atoms with Crippen LogP contribution in [0.25, 0.3) is 0 Å². The first-order valence-corrected chi connectivity index (χ1v) is 5.69. The number of rotatable bonds is 3. The monoisotopic (exact) mass is 242 g/mol. The summed E-state index contributed by atoms with van der Waals surface area (Å²) in [6.45, 7) is 3.35. The van der Waals surface area contributed by atoms with Crippen LogP contribution in [-0.4, -0.2) is 29.2 Å². The van der Waals surface area contributed by atoms with Crippen LogP contribution in [-0.2, 0) is 4.74 Å². The van der Waals surface area contributed by atoms with Gasteiger partial charge in [-0.25, -0.2) is 4.98 Å². The average Bonchev–Trinajstić information content (AvgIpc) is 2.74. The molecule has 1 aliphatic rings. The first-order valence-electron chi connectivity index (χ1n) is 5.32. The average molecular weight is 243 g/mol. The highest BCUT2D eigenvalue weighted by atomic mass is 35.5. The number of hydrogen-bond donors (Lipinski definition) is 2. The molecule has 1 aromatic heterocycles. The molecule has 0 amide bonds. The smallest absolute Gasteiger partial charge is 0.224 e. The topological polar surface area (TPSA) is 73.1 Å². The maximum Gasteiger partial charge on any atom is 0.224 e. The second kappa shape index (κ2) is 4.84. The Hall–Kier alpha value is -1.07. The second-order valence-corrected chi connectivity index (χ2v) is 4.19. The molecule has 1 fully saturated rings. The number of nitrogen functional groups attached to an aromatic ring is 1. The van der Waals surface area contributed by atoms with Gasteiger partial charge in [0, 0.05) is 13.2 Å². The molecule has 0 bridgehead atoms. The highest BCUT2D eigenvalue weighted by molar-refractivity contribution is 6.28. The van der Waals surface area contributed by atoms with E-state index in [1.54, 1.807) is 6.92 Å². The molecular weight excluding hydrogens is 228 g/mol. The molecule has 1 aromatic rings. The molecule has 2 heterocycles. The minimum absolute atomic E-state index is 0.210. The maximum absolute atomic E-state index is 5.85. The van der Waals surface area contributed by atoms with E-state index in [9.17, 15) is 0 Å². The summed E-state index contributed by atoms with van der Waals surface area (Å²) < 4.78 is 5.50. The van der Waals surface area contributed by atoms with Crippen molar-refractivity contribution < 1.29 is 4.74 Å². The van der Waals surface area contributed by atoms with Crippen LogP contribution in [0.15, 0.2) is 0 Å². The summed E-state index contributed by atoms with van der Waals surface area (Å²) in [5.74, 6) is 0.591. The summed E-state index contributed by atoms with van der Waals surface area (Å²) in [6, 6.07) is 0. The van der Waals surface area contributed by atoms with E-state index in [1.807, 2.05) is 0 Å². The molecule has 0 spiro atoms. The Morgan fingerprint density at radius 3 is 3.06 bits per heavy atom. The Morgan fingerprint density at radius 1 is 1.56 bits per heavy atom. The number of halogens is 1. The van der Waals surface area contributed by atoms with E-state index in [0.29, 0.717) is 23.7 Å². The van der Waals surface area contributed by atoms with Gasteiger partial charge in [-0.1, -0.05) is 0 Å². The van der Waals surface area contributed by atoms with Crippen molar-refractivity contribution in [2.75, 3.05) is 24.2 Å². The molecule has 0 aromatic carbocycles. The van der Waals surface area contributed by atoms with Gasteiger partial charge >= 0.3 is 0 Å². The molecule has 1 saturated heterocycles. The van der Waals surface area contributed by atoms with E-state index in [2.05, 4.69) is 15.3 Å². The van der Waals surface area contributed by atoms with Crippen molar-refractivity contribution in [3.63, 3.8) is 0 Å². The number of anilines is 2. The van der Waals surface area contributed by atoms with E-state index in [4.69, 9.17) is 22.1 Å². The third kappa shape index (κ3) is 2.54. The number of nitrogens with one attached hydrogen (secondary N) is 1. The number of hydrogen-bond acceptors (Lipinski definition) is 5. The highest BCUT2D eigenvalue weighted by Gasteiger charge is 2.16. The van der Waals surface area contributed by atoms with Gasteiger partial charge in [0.15, 0.2) is 5.82 Å². The lowest BCUT2D eigenvalue weighted by Gasteiger charge is -2.13. The number of nitrogens with two attached hydrogens (primary N) is 1. The molecule has 1 aliphatic heterocycles. The molecule has 5 nitrogen and oxygen atoms in total. The van der Waals surface area contributed by atoms with Crippen molar-refractivity contribution >= 4 is 23.1 Å². The zero-order chi connectivity index (χ0) is 11.5. The van der Waals surface area contributed by atoms with Gasteiger partial charge in [-0.3, -0.25) is 0 Å². The van der Waals surface area contributed by atoms with Gasteiger partial charge in [0.05, 0.1) is 17.5 Å². The third-order valence-corrected chi connectivity index (χ3v) is 2.80. The highest BCUT2D eigenvalue weighted by Crippen LogP contribution is 2.21. The van der Waals surface area contributed by atoms with Crippen LogP contribution in [0.4, 0.5) is 11.5 Å². The number of nitrogens with zero attached hydrogens (tertiary/aromatic N) is 2. The third-order valence-electron chi connectivity index (χ3n) is 2.63. The standard InChI is InChI=1S/C10H15ClN4O/c1-6-8(12)9(15-10(11)14-6)13-5-7-3-2-4-16-7/h7H,2-5,12H2,1H3,(H,13,14,15). The normalized spacial score (nSPS) is 20.0. The van der Waals surface area contributed by atoms with Crippen molar-refractivity contribution in [2.24, 2.45) is 0 Å². The summed E-state index contributed by atoms with van der Waals surface area (Å²) in [4.78, 5) is 8.03. The Bertz CT molecular complexity index is 379. The van der Waals surface area contributed by atoms with Gasteiger partial charge < -0.3 is 15.8 Å². The maximum atomic E-state index is 5.85. The Morgan fingerprint density at radius 2 is 2.38 bits per heavy atom. The molecule has 0 aliphatic carbocycles. The first-order chi connectivity index (χ1) is 7.66. The molecule has 3 N–H and O–H groups in total. The molecule has 0 saturated carbocycles. The lowest BCUT2D eigenvalue weighted by molar-refractivity contribution is 0.120. The quantitative estimate of drug-likeness (QED) is 0.788. The van der Waals surface area contributed by atoms with E-state index < -0.39 is 0 Å². The number of aryl methyl sites for hydroxylation is 1. The minimum Gasteiger partial charge on any atom is -0.394 e. The van der Waals surface area contributed by atoms with Gasteiger partial charge in [0.1, 0.15) is 0 Å². The van der Waals surface area contributed by atoms with Crippen molar-refractivity contribution in [3.8, 4) is 0 Å². The van der Waals surface area contributed by atoms with E-state index >= 15 is 0 Å². The van der Waals surface area contributed by atoms with Gasteiger partial charge in [-0.2, -0.15) is 4.98 Å². The first kappa shape index (κ1) is 11.4. The van der Waals surface area contributed by atoms with Gasteiger partial charge in [0.2, 0.25) is 5.28 Å². The molecular formula is C10H15ClN4O. The molecule has 0 radical (unpaired) electrons. The zero-order valence-corrected chi connectivity index (χ0v) is 9.92. The molecule has 1 unspecified atom stereocenters. The van der Waals surface area contributed by atoms with Crippen LogP contribution < -0.4 is 11.1 Å². The van der Waals surface area contributed by atoms with Crippen molar-refractivity contribution in [1.29, 1.82) is 0 Å². The van der Waals surface area contributed by atoms with Crippen LogP contribution >= 0.6 is 11.6 Å². The summed E-state index contributed by atoms with van der Waals surface area (Å²) in [5.41, 5.74) is 7.08. The second-order valence-electron chi connectivity index (χ2n) is 3.86. The fourth-order valence-electron chi connectivity index (χ4n) is 1.70. The lowest BCUT2D eigenvalue weighted by atomic mass is 10.2. The molecule has 88 valence electrons. The van der Waals surface area contributed by atoms with Crippen LogP contribution in [0, 0.1) is 6.92 Å². The number of aromatic nitrogens is 2. The van der Waals surface area contributed by atoms with Gasteiger partial charge in [-0.05, 0) is 31.4 Å². The van der Waals surface area contributed by atoms with Crippen LogP contribution in [0.5, 0.6) is 0 Å². The Balaban J connectivity index is 2.02. The molecule has 6 heteroatoms. The molecule has 1 atom stereocenters. The van der Waals surface area contributed by atoms with Gasteiger partial charge in [0.25, 0.3) is 0 Å². The van der Waals surface area contributed by atoms with Crippen molar-refractivity contribution in [2.45, 2.75) is 25.9 Å². The van der Waals surface area contributed by atoms with E-state index in [1.165, 1.54) is 0 Å². The van der Waals surface area contributed by atoms with Crippen LogP contribution in [0.3, 0.4) is 0 Å². The molecule has 2 rings (SSSR count). The summed E-state index contributed by atoms with van der Waals surface area (Å²) >= 11 is 5.77. The predicted octanol–water partition coefficient (Wildman–Crippen LogP) is 1.61. The summed E-state index contributed by atoms with van der Waals surface area (Å²) in [6.07, 6.45) is 2.43. The Kier molecular flexibility index (Phi) is 3.46. The van der Waals surface area contributed by atoms with E-state index in [0.717, 1.165) is 19.4 Å². The molecule has 16 heavy (non-hydrogen) atoms. The van der Waals surface area contributed by atoms with Gasteiger partial charge in [-0.15, -0.1) is 0 Å². The minimum atomic E-state index is 0.210. The number of ether oxygens (including phenoxy) is 1. The fourth-order valence-corrected chi connectivity index (χ4v) is 1.91. The SMILES string of the molecule is Cc1nc(Cl)nc(NCC2CCCO2)c1N. The predicted molar refractivity (Wildman–Crippen MR) is 63.7 cm³/mol. The van der Waals surface area contributed by atoms with E-state index in [-0.39, 0.29) is 11.4 Å². The van der Waals surface area contributed by atoms with Crippen LogP contribution in [0.1, 0.15) is 18.5 Å². The van der Waals surface area contributed by atoms with Crippen molar-refractivity contribution in [1.82, 2.24) is 9.97 Å². The summed E-state index contributed by atoms with van der Waals surface area (Å²) in [7, 11) is 0. The van der Waals surface area contributed by atoms with Crippen LogP contribution in [0.2, 0.25) is 5.28 Å². The summed E-state index contributed by atoms with van der Waals surface area (Å²) in [5, 5.41) is 3.36. The largest absolute Gasteiger partial charge is 0.394 e.